The first kappa shape index (κ1) is 24.1. The van der Waals surface area contributed by atoms with Gasteiger partial charge in [-0.3, -0.25) is 19.1 Å². The summed E-state index contributed by atoms with van der Waals surface area (Å²) in [6.45, 7) is 14.5. The van der Waals surface area contributed by atoms with E-state index in [1.807, 2.05) is 32.0 Å². The van der Waals surface area contributed by atoms with Crippen LogP contribution in [0.3, 0.4) is 0 Å². The maximum atomic E-state index is 13.5. The second-order valence-corrected chi connectivity index (χ2v) is 9.25. The van der Waals surface area contributed by atoms with Gasteiger partial charge in [0.25, 0.3) is 5.56 Å². The Morgan fingerprint density at radius 2 is 1.72 bits per heavy atom. The Labute approximate surface area is 194 Å². The Balaban J connectivity index is 2.03. The number of hydrogen-bond acceptors (Lipinski definition) is 5. The van der Waals surface area contributed by atoms with Crippen LogP contribution in [-0.2, 0) is 30.7 Å². The molecule has 0 aliphatic rings. The van der Waals surface area contributed by atoms with Crippen LogP contribution in [0.5, 0.6) is 0 Å². The Morgan fingerprint density at radius 3 is 2.28 bits per heavy atom. The maximum absolute atomic E-state index is 13.5. The molecule has 0 aliphatic heterocycles. The van der Waals surface area contributed by atoms with E-state index in [4.69, 9.17) is 4.98 Å². The van der Waals surface area contributed by atoms with Crippen LogP contribution in [0, 0.1) is 13.8 Å². The van der Waals surface area contributed by atoms with Gasteiger partial charge in [0.15, 0.2) is 0 Å². The fourth-order valence-corrected chi connectivity index (χ4v) is 5.06. The average Bonchev–Trinajstić information content (AvgIpc) is 3.07. The van der Waals surface area contributed by atoms with Gasteiger partial charge in [-0.2, -0.15) is 0 Å². The van der Waals surface area contributed by atoms with Gasteiger partial charge in [0.1, 0.15) is 17.2 Å². The van der Waals surface area contributed by atoms with Crippen molar-refractivity contribution in [1.29, 1.82) is 0 Å². The molecule has 2 aromatic heterocycles. The monoisotopic (exact) mass is 454 g/mol. The van der Waals surface area contributed by atoms with Crippen LogP contribution in [0.2, 0.25) is 0 Å². The third-order valence-corrected chi connectivity index (χ3v) is 7.29. The quantitative estimate of drug-likeness (QED) is 0.510. The topological polar surface area (TPSA) is 67.2 Å². The maximum Gasteiger partial charge on any atom is 0.263 e. The first-order valence-corrected chi connectivity index (χ1v) is 12.3. The Morgan fingerprint density at radius 1 is 1.09 bits per heavy atom. The number of aromatic nitrogens is 2. The summed E-state index contributed by atoms with van der Waals surface area (Å²) in [5.74, 6) is 0.441. The molecule has 0 atom stereocenters. The number of para-hydroxylation sites is 1. The van der Waals surface area contributed by atoms with Gasteiger partial charge < -0.3 is 5.32 Å². The van der Waals surface area contributed by atoms with E-state index in [0.29, 0.717) is 17.8 Å². The van der Waals surface area contributed by atoms with Crippen LogP contribution in [0.25, 0.3) is 10.2 Å². The molecule has 0 aliphatic carbocycles. The minimum absolute atomic E-state index is 0.0477. The van der Waals surface area contributed by atoms with Crippen molar-refractivity contribution in [2.75, 3.05) is 18.4 Å². The summed E-state index contributed by atoms with van der Waals surface area (Å²) in [6.07, 6.45) is 1.66. The first-order chi connectivity index (χ1) is 15.3. The van der Waals surface area contributed by atoms with Crippen molar-refractivity contribution < 1.29 is 4.79 Å². The standard InChI is InChI=1S/C25H34N4O2S/c1-7-18-12-11-13-19(8-2)23(18)27-21(30)15-29-20(14-28(9-3)10-4)26-24-22(25(29)31)16(5)17(6)32-24/h11-13H,7-10,14-15H2,1-6H3,(H,27,30). The highest BCUT2D eigenvalue weighted by Crippen LogP contribution is 2.27. The third kappa shape index (κ3) is 4.79. The SMILES string of the molecule is CCc1cccc(CC)c1NC(=O)Cn1c(CN(CC)CC)nc2sc(C)c(C)c2c1=O. The molecule has 1 N–H and O–H groups in total. The fourth-order valence-electron chi connectivity index (χ4n) is 4.03. The molecule has 0 saturated heterocycles. The van der Waals surface area contributed by atoms with Gasteiger partial charge in [-0.05, 0) is 56.5 Å². The van der Waals surface area contributed by atoms with Crippen molar-refractivity contribution in [2.45, 2.75) is 67.5 Å². The summed E-state index contributed by atoms with van der Waals surface area (Å²) in [5.41, 5.74) is 3.90. The lowest BCUT2D eigenvalue weighted by molar-refractivity contribution is -0.116. The van der Waals surface area contributed by atoms with E-state index in [-0.39, 0.29) is 18.0 Å². The van der Waals surface area contributed by atoms with Crippen LogP contribution in [0.4, 0.5) is 5.69 Å². The number of rotatable bonds is 9. The fraction of sp³-hybridized carbons (Fsp3) is 0.480. The summed E-state index contributed by atoms with van der Waals surface area (Å²) >= 11 is 1.55. The lowest BCUT2D eigenvalue weighted by Gasteiger charge is -2.21. The minimum atomic E-state index is -0.200. The van der Waals surface area contributed by atoms with Gasteiger partial charge >= 0.3 is 0 Å². The zero-order valence-electron chi connectivity index (χ0n) is 20.0. The number of hydrogen-bond donors (Lipinski definition) is 1. The van der Waals surface area contributed by atoms with E-state index < -0.39 is 0 Å². The molecule has 0 saturated carbocycles. The molecule has 0 fully saturated rings. The largest absolute Gasteiger partial charge is 0.324 e. The smallest absolute Gasteiger partial charge is 0.263 e. The highest BCUT2D eigenvalue weighted by Gasteiger charge is 2.20. The molecule has 1 aromatic carbocycles. The molecule has 0 radical (unpaired) electrons. The molecule has 32 heavy (non-hydrogen) atoms. The third-order valence-electron chi connectivity index (χ3n) is 6.19. The molecule has 1 amide bonds. The molecule has 2 heterocycles. The van der Waals surface area contributed by atoms with Crippen LogP contribution in [0.1, 0.15) is 55.1 Å². The molecule has 0 bridgehead atoms. The summed E-state index contributed by atoms with van der Waals surface area (Å²) in [7, 11) is 0. The summed E-state index contributed by atoms with van der Waals surface area (Å²) in [5, 5.41) is 3.73. The lowest BCUT2D eigenvalue weighted by Crippen LogP contribution is -2.34. The number of aryl methyl sites for hydroxylation is 4. The van der Waals surface area contributed by atoms with Gasteiger partial charge in [-0.15, -0.1) is 11.3 Å². The van der Waals surface area contributed by atoms with E-state index in [9.17, 15) is 9.59 Å². The Hall–Kier alpha value is -2.51. The van der Waals surface area contributed by atoms with Crippen LogP contribution in [-0.4, -0.2) is 33.4 Å². The average molecular weight is 455 g/mol. The van der Waals surface area contributed by atoms with E-state index >= 15 is 0 Å². The highest BCUT2D eigenvalue weighted by atomic mass is 32.1. The van der Waals surface area contributed by atoms with Gasteiger partial charge in [-0.25, -0.2) is 4.98 Å². The van der Waals surface area contributed by atoms with Crippen molar-refractivity contribution in [1.82, 2.24) is 14.5 Å². The number of nitrogens with zero attached hydrogens (tertiary/aromatic N) is 3. The second kappa shape index (κ2) is 10.4. The van der Waals surface area contributed by atoms with Crippen LogP contribution < -0.4 is 10.9 Å². The number of thiophene rings is 1. The van der Waals surface area contributed by atoms with E-state index in [1.54, 1.807) is 15.9 Å². The highest BCUT2D eigenvalue weighted by molar-refractivity contribution is 7.18. The zero-order chi connectivity index (χ0) is 23.4. The van der Waals surface area contributed by atoms with Crippen molar-refractivity contribution in [3.8, 4) is 0 Å². The molecular weight excluding hydrogens is 420 g/mol. The summed E-state index contributed by atoms with van der Waals surface area (Å²) < 4.78 is 1.56. The molecule has 172 valence electrons. The normalized spacial score (nSPS) is 11.5. The lowest BCUT2D eigenvalue weighted by atomic mass is 10.0. The number of nitrogens with one attached hydrogen (secondary N) is 1. The molecule has 3 rings (SSSR count). The van der Waals surface area contributed by atoms with E-state index in [0.717, 1.165) is 58.0 Å². The summed E-state index contributed by atoms with van der Waals surface area (Å²) in [4.78, 5) is 35.6. The molecule has 0 spiro atoms. The van der Waals surface area contributed by atoms with Crippen molar-refractivity contribution in [3.63, 3.8) is 0 Å². The Bertz CT molecular complexity index is 1150. The number of carbonyl (C=O) groups excluding carboxylic acids is 1. The number of carbonyl (C=O) groups is 1. The number of fused-ring (bicyclic) bond motifs is 1. The van der Waals surface area contributed by atoms with E-state index in [1.165, 1.54) is 0 Å². The van der Waals surface area contributed by atoms with Gasteiger partial charge in [0.2, 0.25) is 5.91 Å². The molecule has 3 aromatic rings. The molecule has 7 heteroatoms. The molecule has 6 nitrogen and oxygen atoms in total. The van der Waals surface area contributed by atoms with Crippen molar-refractivity contribution >= 4 is 33.1 Å². The van der Waals surface area contributed by atoms with Crippen LogP contribution in [0.15, 0.2) is 23.0 Å². The Kier molecular flexibility index (Phi) is 7.85. The minimum Gasteiger partial charge on any atom is -0.324 e. The second-order valence-electron chi connectivity index (χ2n) is 8.05. The van der Waals surface area contributed by atoms with Crippen molar-refractivity contribution in [3.05, 3.63) is 55.9 Å². The summed E-state index contributed by atoms with van der Waals surface area (Å²) in [6, 6.07) is 6.11. The van der Waals surface area contributed by atoms with E-state index in [2.05, 4.69) is 37.9 Å². The van der Waals surface area contributed by atoms with Crippen molar-refractivity contribution in [2.24, 2.45) is 0 Å². The first-order valence-electron chi connectivity index (χ1n) is 11.5. The van der Waals surface area contributed by atoms with Gasteiger partial charge in [-0.1, -0.05) is 45.9 Å². The predicted octanol–water partition coefficient (Wildman–Crippen LogP) is 4.68. The predicted molar refractivity (Wildman–Crippen MR) is 134 cm³/mol. The molecular formula is C25H34N4O2S. The van der Waals surface area contributed by atoms with Crippen LogP contribution >= 0.6 is 11.3 Å². The number of benzene rings is 1. The number of amides is 1. The van der Waals surface area contributed by atoms with Gasteiger partial charge in [0, 0.05) is 10.6 Å². The molecule has 0 unspecified atom stereocenters. The zero-order valence-corrected chi connectivity index (χ0v) is 20.9. The number of anilines is 1. The van der Waals surface area contributed by atoms with Gasteiger partial charge in [0.05, 0.1) is 11.9 Å².